The van der Waals surface area contributed by atoms with Crippen LogP contribution < -0.4 is 0 Å². The average molecular weight is 221 g/mol. The van der Waals surface area contributed by atoms with Gasteiger partial charge in [-0.25, -0.2) is 8.78 Å². The zero-order chi connectivity index (χ0) is 10.1. The van der Waals surface area contributed by atoms with Gasteiger partial charge in [-0.2, -0.15) is 5.10 Å². The summed E-state index contributed by atoms with van der Waals surface area (Å²) in [5.74, 6) is 0. The van der Waals surface area contributed by atoms with Crippen LogP contribution in [0.4, 0.5) is 8.78 Å². The molecule has 0 amide bonds. The molecule has 1 aromatic heterocycles. The maximum absolute atomic E-state index is 12.3. The molecule has 0 N–H and O–H groups in total. The minimum Gasteiger partial charge on any atom is -0.251 e. The molecule has 1 aliphatic rings. The molecule has 1 saturated carbocycles. The molecule has 0 bridgehead atoms. The standard InChI is InChI=1S/C9H11ClF2N2/c10-8-5-7(9(11)12)13-14(8)6-3-1-2-4-6/h5-6,9H,1-4H2. The van der Waals surface area contributed by atoms with Gasteiger partial charge >= 0.3 is 0 Å². The van der Waals surface area contributed by atoms with E-state index in [1.165, 1.54) is 10.7 Å². The molecule has 0 aromatic carbocycles. The van der Waals surface area contributed by atoms with E-state index >= 15 is 0 Å². The molecule has 0 radical (unpaired) electrons. The molecular weight excluding hydrogens is 210 g/mol. The van der Waals surface area contributed by atoms with Crippen molar-refractivity contribution in [3.05, 3.63) is 16.9 Å². The third-order valence-electron chi connectivity index (χ3n) is 2.60. The first-order valence-electron chi connectivity index (χ1n) is 4.71. The molecular formula is C9H11ClF2N2. The van der Waals surface area contributed by atoms with Crippen LogP contribution in [0.3, 0.4) is 0 Å². The van der Waals surface area contributed by atoms with Crippen LogP contribution in [-0.2, 0) is 0 Å². The van der Waals surface area contributed by atoms with Gasteiger partial charge in [-0.15, -0.1) is 0 Å². The van der Waals surface area contributed by atoms with Crippen molar-refractivity contribution < 1.29 is 8.78 Å². The van der Waals surface area contributed by atoms with Crippen LogP contribution in [0.15, 0.2) is 6.07 Å². The maximum Gasteiger partial charge on any atom is 0.282 e. The van der Waals surface area contributed by atoms with Crippen LogP contribution in [0, 0.1) is 0 Å². The van der Waals surface area contributed by atoms with E-state index in [9.17, 15) is 8.78 Å². The van der Waals surface area contributed by atoms with E-state index in [4.69, 9.17) is 11.6 Å². The zero-order valence-electron chi connectivity index (χ0n) is 7.59. The number of hydrogen-bond acceptors (Lipinski definition) is 1. The van der Waals surface area contributed by atoms with Crippen LogP contribution in [-0.4, -0.2) is 9.78 Å². The van der Waals surface area contributed by atoms with Crippen LogP contribution in [0.5, 0.6) is 0 Å². The highest BCUT2D eigenvalue weighted by molar-refractivity contribution is 6.29. The van der Waals surface area contributed by atoms with E-state index in [2.05, 4.69) is 5.10 Å². The summed E-state index contributed by atoms with van der Waals surface area (Å²) in [5, 5.41) is 4.15. The second kappa shape index (κ2) is 3.85. The molecule has 2 nitrogen and oxygen atoms in total. The predicted molar refractivity (Wildman–Crippen MR) is 49.7 cm³/mol. The summed E-state index contributed by atoms with van der Waals surface area (Å²) < 4.78 is 26.2. The van der Waals surface area contributed by atoms with E-state index in [1.807, 2.05) is 0 Å². The van der Waals surface area contributed by atoms with Crippen molar-refractivity contribution in [3.8, 4) is 0 Å². The van der Waals surface area contributed by atoms with Crippen molar-refractivity contribution in [1.29, 1.82) is 0 Å². The Kier molecular flexibility index (Phi) is 2.72. The summed E-state index contributed by atoms with van der Waals surface area (Å²) in [4.78, 5) is 0. The van der Waals surface area contributed by atoms with Gasteiger partial charge in [0.05, 0.1) is 6.04 Å². The molecule has 0 unspecified atom stereocenters. The largest absolute Gasteiger partial charge is 0.282 e. The van der Waals surface area contributed by atoms with Crippen molar-refractivity contribution in [2.75, 3.05) is 0 Å². The minimum atomic E-state index is -2.53. The Bertz CT molecular complexity index is 319. The van der Waals surface area contributed by atoms with E-state index in [0.717, 1.165) is 25.7 Å². The van der Waals surface area contributed by atoms with Crippen LogP contribution in [0.25, 0.3) is 0 Å². The monoisotopic (exact) mass is 220 g/mol. The SMILES string of the molecule is FC(F)c1cc(Cl)n(C2CCCC2)n1. The van der Waals surface area contributed by atoms with E-state index in [1.54, 1.807) is 0 Å². The third kappa shape index (κ3) is 1.75. The summed E-state index contributed by atoms with van der Waals surface area (Å²) in [6.45, 7) is 0. The van der Waals surface area contributed by atoms with Gasteiger partial charge in [-0.1, -0.05) is 24.4 Å². The fourth-order valence-electron chi connectivity index (χ4n) is 1.90. The quantitative estimate of drug-likeness (QED) is 0.745. The maximum atomic E-state index is 12.3. The van der Waals surface area contributed by atoms with Gasteiger partial charge in [0.25, 0.3) is 6.43 Å². The summed E-state index contributed by atoms with van der Waals surface area (Å²) in [6, 6.07) is 1.47. The predicted octanol–water partition coefficient (Wildman–Crippen LogP) is 3.59. The van der Waals surface area contributed by atoms with Crippen molar-refractivity contribution in [3.63, 3.8) is 0 Å². The summed E-state index contributed by atoms with van der Waals surface area (Å²) in [6.07, 6.45) is 1.71. The van der Waals surface area contributed by atoms with Gasteiger partial charge in [0, 0.05) is 6.07 Å². The first-order valence-corrected chi connectivity index (χ1v) is 5.09. The van der Waals surface area contributed by atoms with Gasteiger partial charge in [0.2, 0.25) is 0 Å². The van der Waals surface area contributed by atoms with Crippen molar-refractivity contribution >= 4 is 11.6 Å². The zero-order valence-corrected chi connectivity index (χ0v) is 8.34. The van der Waals surface area contributed by atoms with Crippen LogP contribution in [0.2, 0.25) is 5.15 Å². The van der Waals surface area contributed by atoms with Crippen molar-refractivity contribution in [2.24, 2.45) is 0 Å². The highest BCUT2D eigenvalue weighted by Gasteiger charge is 2.22. The minimum absolute atomic E-state index is 0.218. The molecule has 0 spiro atoms. The van der Waals surface area contributed by atoms with E-state index in [0.29, 0.717) is 5.15 Å². The highest BCUT2D eigenvalue weighted by atomic mass is 35.5. The lowest BCUT2D eigenvalue weighted by atomic mass is 10.3. The number of rotatable bonds is 2. The second-order valence-electron chi connectivity index (χ2n) is 3.58. The fourth-order valence-corrected chi connectivity index (χ4v) is 2.19. The molecule has 78 valence electrons. The molecule has 1 aliphatic carbocycles. The Balaban J connectivity index is 2.24. The number of nitrogens with zero attached hydrogens (tertiary/aromatic N) is 2. The molecule has 1 aromatic rings. The number of halogens is 3. The lowest BCUT2D eigenvalue weighted by molar-refractivity contribution is 0.144. The lowest BCUT2D eigenvalue weighted by Gasteiger charge is -2.10. The van der Waals surface area contributed by atoms with Gasteiger partial charge in [-0.3, -0.25) is 4.68 Å². The molecule has 0 atom stereocenters. The number of alkyl halides is 2. The highest BCUT2D eigenvalue weighted by Crippen LogP contribution is 2.33. The topological polar surface area (TPSA) is 17.8 Å². The van der Waals surface area contributed by atoms with E-state index < -0.39 is 6.43 Å². The Labute approximate surface area is 85.9 Å². The second-order valence-corrected chi connectivity index (χ2v) is 3.96. The van der Waals surface area contributed by atoms with Crippen molar-refractivity contribution in [2.45, 2.75) is 38.2 Å². The molecule has 14 heavy (non-hydrogen) atoms. The lowest BCUT2D eigenvalue weighted by Crippen LogP contribution is -2.07. The average Bonchev–Trinajstić information content (AvgIpc) is 2.71. The molecule has 1 fully saturated rings. The van der Waals surface area contributed by atoms with Gasteiger partial charge < -0.3 is 0 Å². The smallest absolute Gasteiger partial charge is 0.251 e. The molecule has 0 saturated heterocycles. The molecule has 0 aliphatic heterocycles. The Morgan fingerprint density at radius 3 is 2.57 bits per heavy atom. The third-order valence-corrected chi connectivity index (χ3v) is 2.89. The molecule has 2 rings (SSSR count). The summed E-state index contributed by atoms with van der Waals surface area (Å²) >= 11 is 5.84. The van der Waals surface area contributed by atoms with E-state index in [-0.39, 0.29) is 11.7 Å². The number of hydrogen-bond donors (Lipinski definition) is 0. The first kappa shape index (κ1) is 9.90. The fraction of sp³-hybridized carbons (Fsp3) is 0.667. The number of aromatic nitrogens is 2. The summed E-state index contributed by atoms with van der Waals surface area (Å²) in [5.41, 5.74) is -0.220. The summed E-state index contributed by atoms with van der Waals surface area (Å²) in [7, 11) is 0. The van der Waals surface area contributed by atoms with Gasteiger partial charge in [-0.05, 0) is 12.8 Å². The Morgan fingerprint density at radius 1 is 1.43 bits per heavy atom. The van der Waals surface area contributed by atoms with Gasteiger partial charge in [0.15, 0.2) is 0 Å². The normalized spacial score (nSPS) is 18.3. The van der Waals surface area contributed by atoms with Gasteiger partial charge in [0.1, 0.15) is 10.8 Å². The molecule has 1 heterocycles. The van der Waals surface area contributed by atoms with Crippen LogP contribution >= 0.6 is 11.6 Å². The van der Waals surface area contributed by atoms with Crippen molar-refractivity contribution in [1.82, 2.24) is 9.78 Å². The Hall–Kier alpha value is -0.640. The van der Waals surface area contributed by atoms with Crippen LogP contribution in [0.1, 0.15) is 43.8 Å². The molecule has 5 heteroatoms. The Morgan fingerprint density at radius 2 is 2.07 bits per heavy atom. The first-order chi connectivity index (χ1) is 6.68.